The highest BCUT2D eigenvalue weighted by Gasteiger charge is 2.18. The predicted octanol–water partition coefficient (Wildman–Crippen LogP) is -0.269. The highest BCUT2D eigenvalue weighted by atomic mass is 32.2. The Kier molecular flexibility index (Phi) is 6.74. The molecule has 1 aromatic heterocycles. The fourth-order valence-corrected chi connectivity index (χ4v) is 3.00. The number of pyridine rings is 1. The molecule has 25 heavy (non-hydrogen) atoms. The Labute approximate surface area is 149 Å². The largest absolute Gasteiger partial charge is 0.354 e. The van der Waals surface area contributed by atoms with Gasteiger partial charge in [-0.1, -0.05) is 6.07 Å². The van der Waals surface area contributed by atoms with Crippen LogP contribution in [0, 0.1) is 0 Å². The summed E-state index contributed by atoms with van der Waals surface area (Å²) in [7, 11) is 0.310. The maximum atomic E-state index is 12.0. The molecule has 0 bridgehead atoms. The SMILES string of the molecule is CN1CCN(c2ncccc2CNC(=O)CCN(C)S(C)(=O)=O)CC1. The summed E-state index contributed by atoms with van der Waals surface area (Å²) in [5, 5.41) is 2.86. The maximum absolute atomic E-state index is 12.0. The fraction of sp³-hybridized carbons (Fsp3) is 0.625. The van der Waals surface area contributed by atoms with Crippen molar-refractivity contribution in [3.63, 3.8) is 0 Å². The van der Waals surface area contributed by atoms with Gasteiger partial charge in [-0.2, -0.15) is 0 Å². The van der Waals surface area contributed by atoms with E-state index < -0.39 is 10.0 Å². The molecule has 0 aliphatic carbocycles. The van der Waals surface area contributed by atoms with Gasteiger partial charge in [0.25, 0.3) is 0 Å². The first-order valence-corrected chi connectivity index (χ1v) is 10.2. The van der Waals surface area contributed by atoms with Crippen LogP contribution in [0.15, 0.2) is 18.3 Å². The zero-order valence-corrected chi connectivity index (χ0v) is 15.9. The summed E-state index contributed by atoms with van der Waals surface area (Å²) in [4.78, 5) is 21.0. The summed E-state index contributed by atoms with van der Waals surface area (Å²) >= 11 is 0. The molecule has 0 aromatic carbocycles. The average molecular weight is 369 g/mol. The van der Waals surface area contributed by atoms with E-state index in [0.29, 0.717) is 6.54 Å². The minimum Gasteiger partial charge on any atom is -0.354 e. The summed E-state index contributed by atoms with van der Waals surface area (Å²) < 4.78 is 23.9. The second kappa shape index (κ2) is 8.59. The molecule has 2 heterocycles. The number of likely N-dealkylation sites (N-methyl/N-ethyl adjacent to an activating group) is 1. The van der Waals surface area contributed by atoms with Crippen molar-refractivity contribution in [3.05, 3.63) is 23.9 Å². The van der Waals surface area contributed by atoms with Crippen molar-refractivity contribution < 1.29 is 13.2 Å². The topological polar surface area (TPSA) is 85.8 Å². The van der Waals surface area contributed by atoms with Gasteiger partial charge in [-0.15, -0.1) is 0 Å². The number of carbonyl (C=O) groups excluding carboxylic acids is 1. The van der Waals surface area contributed by atoms with Crippen molar-refractivity contribution in [1.29, 1.82) is 0 Å². The number of rotatable bonds is 7. The number of hydrogen-bond donors (Lipinski definition) is 1. The van der Waals surface area contributed by atoms with Crippen molar-refractivity contribution in [2.24, 2.45) is 0 Å². The van der Waals surface area contributed by atoms with Gasteiger partial charge in [0.1, 0.15) is 5.82 Å². The van der Waals surface area contributed by atoms with Crippen LogP contribution in [0.5, 0.6) is 0 Å². The van der Waals surface area contributed by atoms with Crippen molar-refractivity contribution in [1.82, 2.24) is 19.5 Å². The molecule has 1 N–H and O–H groups in total. The molecule has 1 aliphatic rings. The van der Waals surface area contributed by atoms with Crippen LogP contribution in [-0.4, -0.2) is 81.6 Å². The highest BCUT2D eigenvalue weighted by molar-refractivity contribution is 7.88. The van der Waals surface area contributed by atoms with E-state index in [-0.39, 0.29) is 18.9 Å². The number of hydrogen-bond acceptors (Lipinski definition) is 6. The fourth-order valence-electron chi connectivity index (χ4n) is 2.58. The van der Waals surface area contributed by atoms with E-state index in [4.69, 9.17) is 0 Å². The van der Waals surface area contributed by atoms with Gasteiger partial charge in [0, 0.05) is 64.5 Å². The zero-order valence-electron chi connectivity index (χ0n) is 15.1. The first-order chi connectivity index (χ1) is 11.8. The molecule has 1 amide bonds. The first-order valence-electron chi connectivity index (χ1n) is 8.33. The standard InChI is InChI=1S/C16H27N5O3S/c1-19-9-11-21(12-10-19)16-14(5-4-7-17-16)13-18-15(22)6-8-20(2)25(3,23)24/h4-5,7H,6,8-13H2,1-3H3,(H,18,22). The van der Waals surface area contributed by atoms with Gasteiger partial charge in [0.2, 0.25) is 15.9 Å². The summed E-state index contributed by atoms with van der Waals surface area (Å²) in [6.07, 6.45) is 3.02. The number of anilines is 1. The molecule has 9 heteroatoms. The number of carbonyl (C=O) groups is 1. The lowest BCUT2D eigenvalue weighted by atomic mass is 10.2. The molecule has 1 saturated heterocycles. The third-order valence-electron chi connectivity index (χ3n) is 4.37. The second-order valence-corrected chi connectivity index (χ2v) is 8.48. The molecule has 0 radical (unpaired) electrons. The van der Waals surface area contributed by atoms with Gasteiger partial charge in [-0.05, 0) is 13.1 Å². The van der Waals surface area contributed by atoms with Crippen LogP contribution in [0.2, 0.25) is 0 Å². The lowest BCUT2D eigenvalue weighted by Gasteiger charge is -2.34. The van der Waals surface area contributed by atoms with E-state index in [1.165, 1.54) is 11.4 Å². The Hall–Kier alpha value is -1.71. The molecule has 0 atom stereocenters. The quantitative estimate of drug-likeness (QED) is 0.712. The monoisotopic (exact) mass is 369 g/mol. The molecular formula is C16H27N5O3S. The number of aromatic nitrogens is 1. The van der Waals surface area contributed by atoms with Crippen LogP contribution >= 0.6 is 0 Å². The maximum Gasteiger partial charge on any atom is 0.221 e. The number of nitrogens with zero attached hydrogens (tertiary/aromatic N) is 4. The summed E-state index contributed by atoms with van der Waals surface area (Å²) in [5.74, 6) is 0.729. The van der Waals surface area contributed by atoms with E-state index >= 15 is 0 Å². The Morgan fingerprint density at radius 1 is 1.32 bits per heavy atom. The van der Waals surface area contributed by atoms with Gasteiger partial charge in [-0.25, -0.2) is 17.7 Å². The van der Waals surface area contributed by atoms with Crippen LogP contribution < -0.4 is 10.2 Å². The number of nitrogens with one attached hydrogen (secondary N) is 1. The second-order valence-electron chi connectivity index (χ2n) is 6.39. The average Bonchev–Trinajstić information content (AvgIpc) is 2.58. The lowest BCUT2D eigenvalue weighted by Crippen LogP contribution is -2.45. The molecule has 2 rings (SSSR count). The van der Waals surface area contributed by atoms with E-state index in [9.17, 15) is 13.2 Å². The van der Waals surface area contributed by atoms with Crippen LogP contribution in [0.4, 0.5) is 5.82 Å². The Bertz CT molecular complexity index is 687. The predicted molar refractivity (Wildman–Crippen MR) is 97.9 cm³/mol. The summed E-state index contributed by atoms with van der Waals surface area (Å²) in [6, 6.07) is 3.82. The normalized spacial score (nSPS) is 16.2. The smallest absolute Gasteiger partial charge is 0.221 e. The molecule has 8 nitrogen and oxygen atoms in total. The molecule has 1 aromatic rings. The van der Waals surface area contributed by atoms with Gasteiger partial charge in [0.05, 0.1) is 6.26 Å². The summed E-state index contributed by atoms with van der Waals surface area (Å²) in [6.45, 7) is 4.35. The van der Waals surface area contributed by atoms with E-state index in [1.807, 2.05) is 12.1 Å². The van der Waals surface area contributed by atoms with Crippen LogP contribution in [0.1, 0.15) is 12.0 Å². The molecular weight excluding hydrogens is 342 g/mol. The number of sulfonamides is 1. The van der Waals surface area contributed by atoms with Gasteiger partial charge >= 0.3 is 0 Å². The molecule has 140 valence electrons. The Morgan fingerprint density at radius 3 is 2.64 bits per heavy atom. The number of amides is 1. The zero-order chi connectivity index (χ0) is 18.4. The first kappa shape index (κ1) is 19.6. The van der Waals surface area contributed by atoms with Crippen molar-refractivity contribution in [2.75, 3.05) is 58.0 Å². The third-order valence-corrected chi connectivity index (χ3v) is 5.68. The molecule has 0 spiro atoms. The van der Waals surface area contributed by atoms with Crippen LogP contribution in [-0.2, 0) is 21.4 Å². The minimum atomic E-state index is -3.26. The van der Waals surface area contributed by atoms with Crippen LogP contribution in [0.3, 0.4) is 0 Å². The number of piperazine rings is 1. The van der Waals surface area contributed by atoms with E-state index in [1.54, 1.807) is 6.20 Å². The van der Waals surface area contributed by atoms with Crippen molar-refractivity contribution in [2.45, 2.75) is 13.0 Å². The Morgan fingerprint density at radius 2 is 2.00 bits per heavy atom. The molecule has 0 unspecified atom stereocenters. The van der Waals surface area contributed by atoms with Gasteiger partial charge in [-0.3, -0.25) is 4.79 Å². The third kappa shape index (κ3) is 5.94. The van der Waals surface area contributed by atoms with Crippen molar-refractivity contribution >= 4 is 21.7 Å². The summed E-state index contributed by atoms with van der Waals surface area (Å²) in [5.41, 5.74) is 0.969. The van der Waals surface area contributed by atoms with Gasteiger partial charge < -0.3 is 15.1 Å². The lowest BCUT2D eigenvalue weighted by molar-refractivity contribution is -0.121. The van der Waals surface area contributed by atoms with E-state index in [0.717, 1.165) is 43.8 Å². The molecule has 1 fully saturated rings. The van der Waals surface area contributed by atoms with Crippen molar-refractivity contribution in [3.8, 4) is 0 Å². The van der Waals surface area contributed by atoms with E-state index in [2.05, 4.69) is 27.1 Å². The minimum absolute atomic E-state index is 0.133. The Balaban J connectivity index is 1.89. The van der Waals surface area contributed by atoms with Gasteiger partial charge in [0.15, 0.2) is 0 Å². The molecule has 1 aliphatic heterocycles. The highest BCUT2D eigenvalue weighted by Crippen LogP contribution is 2.18. The molecule has 0 saturated carbocycles. The van der Waals surface area contributed by atoms with Crippen LogP contribution in [0.25, 0.3) is 0 Å².